The van der Waals surface area contributed by atoms with Gasteiger partial charge in [-0.05, 0) is 66.9 Å². The highest BCUT2D eigenvalue weighted by molar-refractivity contribution is 9.10. The molecule has 0 bridgehead atoms. The molecule has 0 saturated heterocycles. The summed E-state index contributed by atoms with van der Waals surface area (Å²) in [6, 6.07) is 19.0. The number of hydrogen-bond donors (Lipinski definition) is 1. The lowest BCUT2D eigenvalue weighted by molar-refractivity contribution is -0.139. The summed E-state index contributed by atoms with van der Waals surface area (Å²) < 4.78 is 42.7. The van der Waals surface area contributed by atoms with Crippen LogP contribution in [0.4, 0.5) is 10.1 Å². The van der Waals surface area contributed by atoms with Crippen molar-refractivity contribution in [1.29, 1.82) is 0 Å². The highest BCUT2D eigenvalue weighted by atomic mass is 79.9. The third-order valence-electron chi connectivity index (χ3n) is 5.84. The van der Waals surface area contributed by atoms with Gasteiger partial charge in [-0.1, -0.05) is 60.1 Å². The molecule has 0 heterocycles. The molecule has 1 atom stereocenters. The Morgan fingerprint density at radius 1 is 0.921 bits per heavy atom. The van der Waals surface area contributed by atoms with Crippen LogP contribution in [0, 0.1) is 11.7 Å². The Bertz CT molecular complexity index is 1330. The van der Waals surface area contributed by atoms with Crippen LogP contribution >= 0.6 is 15.9 Å². The minimum atomic E-state index is -4.18. The van der Waals surface area contributed by atoms with Crippen LogP contribution in [-0.4, -0.2) is 44.3 Å². The van der Waals surface area contributed by atoms with Crippen LogP contribution in [0.1, 0.15) is 26.3 Å². The van der Waals surface area contributed by atoms with Crippen molar-refractivity contribution in [3.63, 3.8) is 0 Å². The topological polar surface area (TPSA) is 86.8 Å². The molecular weight excluding hydrogens is 573 g/mol. The van der Waals surface area contributed by atoms with E-state index in [1.807, 2.05) is 38.1 Å². The summed E-state index contributed by atoms with van der Waals surface area (Å²) in [6.45, 7) is 5.48. The van der Waals surface area contributed by atoms with Crippen LogP contribution in [0.5, 0.6) is 0 Å². The Morgan fingerprint density at radius 3 is 2.11 bits per heavy atom. The molecule has 10 heteroatoms. The standard InChI is InChI=1S/C28H31BrFN3O4S/c1-20(2)17-31-28(35)21(3)32(18-22-9-11-23(29)12-10-22)27(34)19-33(25-15-13-24(30)14-16-25)38(36,37)26-7-5-4-6-8-26/h4-16,20-21H,17-19H2,1-3H3,(H,31,35)/t21-/m0/s1. The third-order valence-corrected chi connectivity index (χ3v) is 8.16. The fourth-order valence-electron chi connectivity index (χ4n) is 3.68. The van der Waals surface area contributed by atoms with Crippen LogP contribution in [0.3, 0.4) is 0 Å². The van der Waals surface area contributed by atoms with Gasteiger partial charge in [-0.2, -0.15) is 0 Å². The van der Waals surface area contributed by atoms with Crippen LogP contribution in [0.2, 0.25) is 0 Å². The number of halogens is 2. The van der Waals surface area contributed by atoms with E-state index in [-0.39, 0.29) is 29.0 Å². The largest absolute Gasteiger partial charge is 0.354 e. The van der Waals surface area contributed by atoms with Gasteiger partial charge in [0, 0.05) is 17.6 Å². The van der Waals surface area contributed by atoms with Crippen LogP contribution in [-0.2, 0) is 26.2 Å². The molecule has 2 amide bonds. The molecule has 0 aliphatic heterocycles. The van der Waals surface area contributed by atoms with Gasteiger partial charge in [0.15, 0.2) is 0 Å². The van der Waals surface area contributed by atoms with Crippen LogP contribution < -0.4 is 9.62 Å². The summed E-state index contributed by atoms with van der Waals surface area (Å²) in [7, 11) is -4.18. The molecule has 0 radical (unpaired) electrons. The molecule has 1 N–H and O–H groups in total. The number of amides is 2. The molecule has 38 heavy (non-hydrogen) atoms. The van der Waals surface area contributed by atoms with Gasteiger partial charge in [-0.15, -0.1) is 0 Å². The monoisotopic (exact) mass is 603 g/mol. The Kier molecular flexibility index (Phi) is 10.0. The highest BCUT2D eigenvalue weighted by Crippen LogP contribution is 2.25. The number of carbonyl (C=O) groups is 2. The molecule has 3 aromatic carbocycles. The van der Waals surface area contributed by atoms with Crippen molar-refractivity contribution < 1.29 is 22.4 Å². The molecule has 3 rings (SSSR count). The minimum Gasteiger partial charge on any atom is -0.354 e. The molecule has 3 aromatic rings. The number of nitrogens with zero attached hydrogens (tertiary/aromatic N) is 2. The number of rotatable bonds is 11. The van der Waals surface area contributed by atoms with Gasteiger partial charge in [0.05, 0.1) is 10.6 Å². The third kappa shape index (κ3) is 7.64. The second-order valence-electron chi connectivity index (χ2n) is 9.26. The van der Waals surface area contributed by atoms with Crippen molar-refractivity contribution in [2.75, 3.05) is 17.4 Å². The van der Waals surface area contributed by atoms with E-state index in [1.165, 1.54) is 29.2 Å². The summed E-state index contributed by atoms with van der Waals surface area (Å²) in [4.78, 5) is 28.1. The predicted molar refractivity (Wildman–Crippen MR) is 149 cm³/mol. The summed E-state index contributed by atoms with van der Waals surface area (Å²) in [6.07, 6.45) is 0. The molecule has 0 unspecified atom stereocenters. The Hall–Kier alpha value is -3.24. The molecule has 0 aliphatic carbocycles. The molecule has 202 valence electrons. The van der Waals surface area contributed by atoms with Crippen molar-refractivity contribution in [3.8, 4) is 0 Å². The van der Waals surface area contributed by atoms with Crippen molar-refractivity contribution >= 4 is 43.5 Å². The first-order valence-corrected chi connectivity index (χ1v) is 14.4. The first-order valence-electron chi connectivity index (χ1n) is 12.1. The van der Waals surface area contributed by atoms with Crippen molar-refractivity contribution in [2.24, 2.45) is 5.92 Å². The molecular formula is C28H31BrFN3O4S. The average molecular weight is 605 g/mol. The van der Waals surface area contributed by atoms with E-state index in [4.69, 9.17) is 0 Å². The molecule has 0 saturated carbocycles. The zero-order chi connectivity index (χ0) is 27.9. The molecule has 0 spiro atoms. The lowest BCUT2D eigenvalue weighted by atomic mass is 10.1. The van der Waals surface area contributed by atoms with E-state index in [9.17, 15) is 22.4 Å². The maximum Gasteiger partial charge on any atom is 0.264 e. The normalized spacial score (nSPS) is 12.2. The van der Waals surface area contributed by atoms with E-state index in [1.54, 1.807) is 25.1 Å². The molecule has 7 nitrogen and oxygen atoms in total. The van der Waals surface area contributed by atoms with E-state index in [0.29, 0.717) is 6.54 Å². The summed E-state index contributed by atoms with van der Waals surface area (Å²) in [5.41, 5.74) is 0.897. The number of benzene rings is 3. The van der Waals surface area contributed by atoms with Crippen molar-refractivity contribution in [3.05, 3.63) is 94.7 Å². The summed E-state index contributed by atoms with van der Waals surface area (Å²) in [5, 5.41) is 2.85. The van der Waals surface area contributed by atoms with Crippen LogP contribution in [0.15, 0.2) is 88.2 Å². The highest BCUT2D eigenvalue weighted by Gasteiger charge is 2.32. The SMILES string of the molecule is CC(C)CNC(=O)[C@H](C)N(Cc1ccc(Br)cc1)C(=O)CN(c1ccc(F)cc1)S(=O)(=O)c1ccccc1. The predicted octanol–water partition coefficient (Wildman–Crippen LogP) is 4.97. The number of nitrogens with one attached hydrogen (secondary N) is 1. The Labute approximate surface area is 231 Å². The number of hydrogen-bond acceptors (Lipinski definition) is 4. The smallest absolute Gasteiger partial charge is 0.264 e. The molecule has 0 aliphatic rings. The van der Waals surface area contributed by atoms with Gasteiger partial charge < -0.3 is 10.2 Å². The molecule has 0 fully saturated rings. The minimum absolute atomic E-state index is 0.0145. The maximum atomic E-state index is 13.8. The zero-order valence-corrected chi connectivity index (χ0v) is 23.9. The van der Waals surface area contributed by atoms with Gasteiger partial charge >= 0.3 is 0 Å². The van der Waals surface area contributed by atoms with Crippen LogP contribution in [0.25, 0.3) is 0 Å². The number of anilines is 1. The fourth-order valence-corrected chi connectivity index (χ4v) is 5.38. The van der Waals surface area contributed by atoms with E-state index in [2.05, 4.69) is 21.2 Å². The average Bonchev–Trinajstić information content (AvgIpc) is 2.90. The molecule has 0 aromatic heterocycles. The maximum absolute atomic E-state index is 13.8. The summed E-state index contributed by atoms with van der Waals surface area (Å²) in [5.74, 6) is -1.25. The number of sulfonamides is 1. The van der Waals surface area contributed by atoms with E-state index < -0.39 is 34.3 Å². The summed E-state index contributed by atoms with van der Waals surface area (Å²) >= 11 is 3.39. The van der Waals surface area contributed by atoms with Gasteiger partial charge in [0.2, 0.25) is 11.8 Å². The second kappa shape index (κ2) is 13.0. The quantitative estimate of drug-likeness (QED) is 0.335. The first-order chi connectivity index (χ1) is 18.0. The zero-order valence-electron chi connectivity index (χ0n) is 21.5. The van der Waals surface area contributed by atoms with Gasteiger partial charge in [0.1, 0.15) is 18.4 Å². The lowest BCUT2D eigenvalue weighted by Gasteiger charge is -2.32. The van der Waals surface area contributed by atoms with Gasteiger partial charge in [-0.25, -0.2) is 12.8 Å². The lowest BCUT2D eigenvalue weighted by Crippen LogP contribution is -2.51. The van der Waals surface area contributed by atoms with Crippen molar-refractivity contribution in [1.82, 2.24) is 10.2 Å². The second-order valence-corrected chi connectivity index (χ2v) is 12.0. The van der Waals surface area contributed by atoms with E-state index >= 15 is 0 Å². The fraction of sp³-hybridized carbons (Fsp3) is 0.286. The van der Waals surface area contributed by atoms with Gasteiger partial charge in [-0.3, -0.25) is 13.9 Å². The Morgan fingerprint density at radius 2 is 1.53 bits per heavy atom. The van der Waals surface area contributed by atoms with E-state index in [0.717, 1.165) is 26.5 Å². The van der Waals surface area contributed by atoms with Gasteiger partial charge in [0.25, 0.3) is 10.0 Å². The van der Waals surface area contributed by atoms with Crippen molar-refractivity contribution in [2.45, 2.75) is 38.3 Å². The number of carbonyl (C=O) groups excluding carboxylic acids is 2. The Balaban J connectivity index is 1.98. The first kappa shape index (κ1) is 29.3.